The van der Waals surface area contributed by atoms with E-state index in [1.54, 1.807) is 0 Å². The zero-order valence-corrected chi connectivity index (χ0v) is 22.7. The first-order valence-electron chi connectivity index (χ1n) is 13.9. The van der Waals surface area contributed by atoms with E-state index in [-0.39, 0.29) is 17.5 Å². The van der Waals surface area contributed by atoms with Crippen molar-refractivity contribution in [3.8, 4) is 6.07 Å². The molecule has 0 aromatic heterocycles. The SMILES string of the molecule is CCCN(CCc1ccccc1)C(C)CCC(C#N)(c1ccc(C(F)(F)F)c(C(F)(F)F)c1)C1CCCCC1. The van der Waals surface area contributed by atoms with E-state index in [9.17, 15) is 31.6 Å². The second kappa shape index (κ2) is 13.2. The first kappa shape index (κ1) is 31.0. The molecule has 0 spiro atoms. The molecule has 214 valence electrons. The van der Waals surface area contributed by atoms with E-state index in [0.29, 0.717) is 37.8 Å². The highest BCUT2D eigenvalue weighted by molar-refractivity contribution is 5.43. The van der Waals surface area contributed by atoms with E-state index < -0.39 is 28.9 Å². The van der Waals surface area contributed by atoms with Crippen LogP contribution in [0.4, 0.5) is 26.3 Å². The fraction of sp³-hybridized carbons (Fsp3) is 0.581. The van der Waals surface area contributed by atoms with Crippen molar-refractivity contribution in [2.24, 2.45) is 5.92 Å². The van der Waals surface area contributed by atoms with E-state index in [1.165, 1.54) is 5.56 Å². The Labute approximate surface area is 228 Å². The van der Waals surface area contributed by atoms with Crippen molar-refractivity contribution >= 4 is 0 Å². The highest BCUT2D eigenvalue weighted by Gasteiger charge is 2.47. The van der Waals surface area contributed by atoms with Crippen molar-refractivity contribution in [3.05, 3.63) is 70.8 Å². The van der Waals surface area contributed by atoms with E-state index in [1.807, 2.05) is 18.2 Å². The number of nitriles is 1. The number of alkyl halides is 6. The summed E-state index contributed by atoms with van der Waals surface area (Å²) in [5, 5.41) is 10.5. The highest BCUT2D eigenvalue weighted by Crippen LogP contribution is 2.48. The van der Waals surface area contributed by atoms with Crippen molar-refractivity contribution in [2.75, 3.05) is 13.1 Å². The quantitative estimate of drug-likeness (QED) is 0.260. The molecule has 0 radical (unpaired) electrons. The van der Waals surface area contributed by atoms with Crippen LogP contribution >= 0.6 is 0 Å². The average molecular weight is 553 g/mol. The average Bonchev–Trinajstić information content (AvgIpc) is 2.91. The Morgan fingerprint density at radius 1 is 0.897 bits per heavy atom. The van der Waals surface area contributed by atoms with Crippen LogP contribution < -0.4 is 0 Å². The molecule has 1 aliphatic carbocycles. The van der Waals surface area contributed by atoms with Gasteiger partial charge >= 0.3 is 12.4 Å². The Kier molecular flexibility index (Phi) is 10.5. The minimum absolute atomic E-state index is 0.0516. The van der Waals surface area contributed by atoms with Crippen LogP contribution in [0, 0.1) is 17.2 Å². The number of benzene rings is 2. The van der Waals surface area contributed by atoms with Crippen molar-refractivity contribution in [1.82, 2.24) is 4.90 Å². The Morgan fingerprint density at radius 2 is 1.54 bits per heavy atom. The standard InChI is InChI=1S/C31H38F6N2/c1-3-19-39(20-17-24-10-6-4-7-11-24)23(2)16-18-29(22-38,25-12-8-5-9-13-25)26-14-15-27(30(32,33)34)28(21-26)31(35,36)37/h4,6-7,10-11,14-15,21,23,25H,3,5,8-9,12-13,16-20H2,1-2H3. The lowest BCUT2D eigenvalue weighted by molar-refractivity contribution is -0.162. The van der Waals surface area contributed by atoms with Gasteiger partial charge in [0.05, 0.1) is 22.6 Å². The zero-order valence-electron chi connectivity index (χ0n) is 22.7. The second-order valence-corrected chi connectivity index (χ2v) is 10.8. The third-order valence-corrected chi connectivity index (χ3v) is 8.27. The predicted octanol–water partition coefficient (Wildman–Crippen LogP) is 9.19. The summed E-state index contributed by atoms with van der Waals surface area (Å²) in [5.74, 6) is -0.204. The van der Waals surface area contributed by atoms with Gasteiger partial charge in [-0.1, -0.05) is 62.6 Å². The molecule has 0 N–H and O–H groups in total. The molecular formula is C31H38F6N2. The maximum atomic E-state index is 13.8. The molecule has 0 aliphatic heterocycles. The van der Waals surface area contributed by atoms with Crippen LogP contribution in [0.2, 0.25) is 0 Å². The monoisotopic (exact) mass is 552 g/mol. The smallest absolute Gasteiger partial charge is 0.300 e. The van der Waals surface area contributed by atoms with Crippen LogP contribution in [0.5, 0.6) is 0 Å². The molecule has 0 saturated heterocycles. The van der Waals surface area contributed by atoms with Crippen molar-refractivity contribution in [2.45, 2.75) is 95.4 Å². The summed E-state index contributed by atoms with van der Waals surface area (Å²) in [6.07, 6.45) is -3.64. The van der Waals surface area contributed by atoms with Gasteiger partial charge in [-0.25, -0.2) is 0 Å². The van der Waals surface area contributed by atoms with Crippen LogP contribution in [0.25, 0.3) is 0 Å². The number of rotatable bonds is 11. The van der Waals surface area contributed by atoms with Crippen LogP contribution in [0.3, 0.4) is 0 Å². The molecule has 8 heteroatoms. The fourth-order valence-corrected chi connectivity index (χ4v) is 6.07. The molecule has 2 nitrogen and oxygen atoms in total. The largest absolute Gasteiger partial charge is 0.417 e. The van der Waals surface area contributed by atoms with E-state index in [0.717, 1.165) is 51.3 Å². The Bertz CT molecular complexity index is 1080. The Morgan fingerprint density at radius 3 is 2.10 bits per heavy atom. The number of hydrogen-bond acceptors (Lipinski definition) is 2. The molecule has 1 saturated carbocycles. The van der Waals surface area contributed by atoms with Gasteiger partial charge in [-0.15, -0.1) is 0 Å². The molecule has 2 aromatic carbocycles. The second-order valence-electron chi connectivity index (χ2n) is 10.8. The maximum absolute atomic E-state index is 13.8. The third-order valence-electron chi connectivity index (χ3n) is 8.27. The maximum Gasteiger partial charge on any atom is 0.417 e. The van der Waals surface area contributed by atoms with Crippen molar-refractivity contribution < 1.29 is 26.3 Å². The van der Waals surface area contributed by atoms with Gasteiger partial charge in [0.2, 0.25) is 0 Å². The molecule has 1 fully saturated rings. The van der Waals surface area contributed by atoms with Crippen molar-refractivity contribution in [3.63, 3.8) is 0 Å². The number of nitrogens with zero attached hydrogens (tertiary/aromatic N) is 2. The van der Waals surface area contributed by atoms with Gasteiger partial charge in [0.25, 0.3) is 0 Å². The molecule has 0 heterocycles. The van der Waals surface area contributed by atoms with Crippen LogP contribution in [-0.4, -0.2) is 24.0 Å². The van der Waals surface area contributed by atoms with Gasteiger partial charge in [-0.05, 0) is 81.2 Å². The fourth-order valence-electron chi connectivity index (χ4n) is 6.07. The molecule has 39 heavy (non-hydrogen) atoms. The molecule has 0 bridgehead atoms. The number of hydrogen-bond donors (Lipinski definition) is 0. The lowest BCUT2D eigenvalue weighted by Crippen LogP contribution is -2.40. The molecule has 0 amide bonds. The predicted molar refractivity (Wildman–Crippen MR) is 141 cm³/mol. The first-order valence-corrected chi connectivity index (χ1v) is 13.9. The molecule has 2 atom stereocenters. The summed E-state index contributed by atoms with van der Waals surface area (Å²) < 4.78 is 81.9. The molecular weight excluding hydrogens is 514 g/mol. The Hall–Kier alpha value is -2.53. The van der Waals surface area contributed by atoms with Gasteiger partial charge in [-0.2, -0.15) is 31.6 Å². The van der Waals surface area contributed by atoms with Gasteiger partial charge in [-0.3, -0.25) is 0 Å². The molecule has 2 aromatic rings. The van der Waals surface area contributed by atoms with Crippen LogP contribution in [0.1, 0.15) is 87.5 Å². The van der Waals surface area contributed by atoms with Gasteiger partial charge in [0.1, 0.15) is 0 Å². The number of halogens is 6. The Balaban J connectivity index is 1.93. The summed E-state index contributed by atoms with van der Waals surface area (Å²) in [6, 6.07) is 14.7. The van der Waals surface area contributed by atoms with E-state index in [2.05, 4.69) is 36.9 Å². The third kappa shape index (κ3) is 7.78. The lowest BCUT2D eigenvalue weighted by atomic mass is 9.63. The van der Waals surface area contributed by atoms with E-state index in [4.69, 9.17) is 0 Å². The summed E-state index contributed by atoms with van der Waals surface area (Å²) >= 11 is 0. The summed E-state index contributed by atoms with van der Waals surface area (Å²) in [4.78, 5) is 2.34. The van der Waals surface area contributed by atoms with Gasteiger partial charge in [0.15, 0.2) is 0 Å². The minimum atomic E-state index is -5.18. The van der Waals surface area contributed by atoms with Crippen molar-refractivity contribution in [1.29, 1.82) is 5.26 Å². The zero-order chi connectivity index (χ0) is 28.7. The molecule has 2 unspecified atom stereocenters. The molecule has 1 aliphatic rings. The summed E-state index contributed by atoms with van der Waals surface area (Å²) in [7, 11) is 0. The summed E-state index contributed by atoms with van der Waals surface area (Å²) in [6.45, 7) is 5.80. The summed E-state index contributed by atoms with van der Waals surface area (Å²) in [5.41, 5.74) is -3.44. The lowest BCUT2D eigenvalue weighted by Gasteiger charge is -2.40. The first-order chi connectivity index (χ1) is 18.4. The normalized spacial score (nSPS) is 17.5. The topological polar surface area (TPSA) is 27.0 Å². The van der Waals surface area contributed by atoms with Gasteiger partial charge < -0.3 is 4.90 Å². The van der Waals surface area contributed by atoms with Crippen LogP contribution in [-0.2, 0) is 24.2 Å². The molecule has 3 rings (SSSR count). The van der Waals surface area contributed by atoms with E-state index >= 15 is 0 Å². The van der Waals surface area contributed by atoms with Crippen LogP contribution in [0.15, 0.2) is 48.5 Å². The van der Waals surface area contributed by atoms with Gasteiger partial charge in [0, 0.05) is 12.6 Å². The minimum Gasteiger partial charge on any atom is -0.300 e. The highest BCUT2D eigenvalue weighted by atomic mass is 19.4.